The summed E-state index contributed by atoms with van der Waals surface area (Å²) in [5.74, 6) is 4.32. The van der Waals surface area contributed by atoms with Gasteiger partial charge in [0.1, 0.15) is 5.82 Å². The number of nitrogens with zero attached hydrogens (tertiary/aromatic N) is 1. The standard InChI is InChI=1S/C14H13FN4O/c15-13-4-3-10(2-1-5-16)6-12(13)14(20)18-8-11-7-17-9-19-11/h3-4,6-7,9H,5,8,16H2,(H,17,19)(H,18,20). The van der Waals surface area contributed by atoms with Crippen molar-refractivity contribution in [3.63, 3.8) is 0 Å². The van der Waals surface area contributed by atoms with Crippen molar-refractivity contribution in [3.05, 3.63) is 53.4 Å². The maximum Gasteiger partial charge on any atom is 0.254 e. The number of halogens is 1. The van der Waals surface area contributed by atoms with Gasteiger partial charge in [-0.1, -0.05) is 11.8 Å². The molecule has 6 heteroatoms. The molecule has 2 rings (SSSR count). The number of aromatic amines is 1. The van der Waals surface area contributed by atoms with E-state index in [2.05, 4.69) is 27.1 Å². The molecule has 0 aliphatic heterocycles. The Labute approximate surface area is 115 Å². The number of aromatic nitrogens is 2. The third-order valence-corrected chi connectivity index (χ3v) is 2.54. The molecule has 0 saturated heterocycles. The molecule has 0 radical (unpaired) electrons. The van der Waals surface area contributed by atoms with Gasteiger partial charge in [-0.05, 0) is 18.2 Å². The zero-order valence-electron chi connectivity index (χ0n) is 10.6. The molecule has 102 valence electrons. The summed E-state index contributed by atoms with van der Waals surface area (Å²) < 4.78 is 13.7. The second-order valence-corrected chi connectivity index (χ2v) is 3.96. The van der Waals surface area contributed by atoms with E-state index < -0.39 is 11.7 Å². The van der Waals surface area contributed by atoms with Crippen LogP contribution in [0.4, 0.5) is 4.39 Å². The number of nitrogens with two attached hydrogens (primary N) is 1. The van der Waals surface area contributed by atoms with Gasteiger partial charge in [-0.25, -0.2) is 9.37 Å². The first-order valence-corrected chi connectivity index (χ1v) is 5.94. The van der Waals surface area contributed by atoms with Crippen LogP contribution < -0.4 is 11.1 Å². The first-order valence-electron chi connectivity index (χ1n) is 5.94. The van der Waals surface area contributed by atoms with Crippen LogP contribution >= 0.6 is 0 Å². The molecule has 4 N–H and O–H groups in total. The van der Waals surface area contributed by atoms with E-state index >= 15 is 0 Å². The number of benzene rings is 1. The molecule has 1 aromatic heterocycles. The molecule has 1 heterocycles. The molecule has 1 aromatic carbocycles. The molecule has 0 fully saturated rings. The Balaban J connectivity index is 2.12. The maximum absolute atomic E-state index is 13.7. The summed E-state index contributed by atoms with van der Waals surface area (Å²) >= 11 is 0. The van der Waals surface area contributed by atoms with Gasteiger partial charge in [0.15, 0.2) is 0 Å². The van der Waals surface area contributed by atoms with Gasteiger partial charge in [-0.3, -0.25) is 4.79 Å². The zero-order valence-corrected chi connectivity index (χ0v) is 10.6. The normalized spacial score (nSPS) is 9.70. The van der Waals surface area contributed by atoms with Gasteiger partial charge >= 0.3 is 0 Å². The molecule has 0 unspecified atom stereocenters. The highest BCUT2D eigenvalue weighted by molar-refractivity contribution is 5.94. The minimum absolute atomic E-state index is 0.0478. The van der Waals surface area contributed by atoms with Crippen LogP contribution in [-0.4, -0.2) is 22.4 Å². The number of imidazole rings is 1. The minimum atomic E-state index is -0.592. The van der Waals surface area contributed by atoms with Crippen LogP contribution in [0.15, 0.2) is 30.7 Å². The van der Waals surface area contributed by atoms with E-state index in [1.54, 1.807) is 6.20 Å². The first-order chi connectivity index (χ1) is 9.70. The number of H-pyrrole nitrogens is 1. The lowest BCUT2D eigenvalue weighted by atomic mass is 10.1. The highest BCUT2D eigenvalue weighted by Crippen LogP contribution is 2.10. The fourth-order valence-corrected chi connectivity index (χ4v) is 1.58. The van der Waals surface area contributed by atoms with Gasteiger partial charge in [0.25, 0.3) is 5.91 Å². The Morgan fingerprint density at radius 3 is 3.05 bits per heavy atom. The maximum atomic E-state index is 13.7. The third-order valence-electron chi connectivity index (χ3n) is 2.54. The average molecular weight is 272 g/mol. The fourth-order valence-electron chi connectivity index (χ4n) is 1.58. The summed E-state index contributed by atoms with van der Waals surface area (Å²) in [5.41, 5.74) is 6.50. The van der Waals surface area contributed by atoms with E-state index in [1.807, 2.05) is 0 Å². The number of carbonyl (C=O) groups excluding carboxylic acids is 1. The van der Waals surface area contributed by atoms with Gasteiger partial charge < -0.3 is 16.0 Å². The molecule has 0 spiro atoms. The van der Waals surface area contributed by atoms with E-state index in [1.165, 1.54) is 24.5 Å². The van der Waals surface area contributed by atoms with Crippen molar-refractivity contribution in [2.75, 3.05) is 6.54 Å². The Morgan fingerprint density at radius 2 is 2.35 bits per heavy atom. The molecular weight excluding hydrogens is 259 g/mol. The molecule has 0 atom stereocenters. The van der Waals surface area contributed by atoms with Crippen LogP contribution in [0.3, 0.4) is 0 Å². The number of nitrogens with one attached hydrogen (secondary N) is 2. The van der Waals surface area contributed by atoms with Crippen molar-refractivity contribution >= 4 is 5.91 Å². The minimum Gasteiger partial charge on any atom is -0.347 e. The van der Waals surface area contributed by atoms with Crippen molar-refractivity contribution in [1.82, 2.24) is 15.3 Å². The molecule has 0 saturated carbocycles. The number of hydrogen-bond acceptors (Lipinski definition) is 3. The van der Waals surface area contributed by atoms with Crippen LogP contribution in [0.2, 0.25) is 0 Å². The molecule has 20 heavy (non-hydrogen) atoms. The SMILES string of the molecule is NCC#Cc1ccc(F)c(C(=O)NCc2cnc[nH]2)c1. The van der Waals surface area contributed by atoms with Gasteiger partial charge in [0.05, 0.1) is 30.7 Å². The van der Waals surface area contributed by atoms with Gasteiger partial charge in [-0.2, -0.15) is 0 Å². The summed E-state index contributed by atoms with van der Waals surface area (Å²) in [4.78, 5) is 18.6. The molecule has 0 aliphatic rings. The van der Waals surface area contributed by atoms with Crippen molar-refractivity contribution in [2.24, 2.45) is 5.73 Å². The van der Waals surface area contributed by atoms with E-state index in [9.17, 15) is 9.18 Å². The monoisotopic (exact) mass is 272 g/mol. The summed E-state index contributed by atoms with van der Waals surface area (Å²) in [7, 11) is 0. The predicted molar refractivity (Wildman–Crippen MR) is 72.1 cm³/mol. The van der Waals surface area contributed by atoms with E-state index in [0.29, 0.717) is 5.56 Å². The Bertz CT molecular complexity index is 656. The van der Waals surface area contributed by atoms with Gasteiger partial charge in [-0.15, -0.1) is 0 Å². The Morgan fingerprint density at radius 1 is 1.50 bits per heavy atom. The summed E-state index contributed by atoms with van der Waals surface area (Å²) in [6.07, 6.45) is 3.09. The second-order valence-electron chi connectivity index (χ2n) is 3.96. The van der Waals surface area contributed by atoms with E-state index in [0.717, 1.165) is 5.69 Å². The quantitative estimate of drug-likeness (QED) is 0.722. The van der Waals surface area contributed by atoms with Crippen LogP contribution in [0.25, 0.3) is 0 Å². The lowest BCUT2D eigenvalue weighted by Crippen LogP contribution is -2.24. The third kappa shape index (κ3) is 3.43. The molecular formula is C14H13FN4O. The van der Waals surface area contributed by atoms with Crippen LogP contribution in [0, 0.1) is 17.7 Å². The first kappa shape index (κ1) is 13.8. The van der Waals surface area contributed by atoms with Crippen molar-refractivity contribution in [3.8, 4) is 11.8 Å². The van der Waals surface area contributed by atoms with Gasteiger partial charge in [0.2, 0.25) is 0 Å². The number of amides is 1. The molecule has 0 bridgehead atoms. The van der Waals surface area contributed by atoms with Gasteiger partial charge in [0, 0.05) is 11.8 Å². The molecule has 5 nitrogen and oxygen atoms in total. The number of rotatable bonds is 3. The molecule has 1 amide bonds. The van der Waals surface area contributed by atoms with E-state index in [4.69, 9.17) is 5.73 Å². The van der Waals surface area contributed by atoms with Crippen molar-refractivity contribution in [1.29, 1.82) is 0 Å². The van der Waals surface area contributed by atoms with E-state index in [-0.39, 0.29) is 18.7 Å². The molecule has 0 aliphatic carbocycles. The highest BCUT2D eigenvalue weighted by atomic mass is 19.1. The highest BCUT2D eigenvalue weighted by Gasteiger charge is 2.12. The lowest BCUT2D eigenvalue weighted by molar-refractivity contribution is 0.0946. The summed E-state index contributed by atoms with van der Waals surface area (Å²) in [6.45, 7) is 0.454. The van der Waals surface area contributed by atoms with Crippen LogP contribution in [0.1, 0.15) is 21.6 Å². The van der Waals surface area contributed by atoms with Crippen LogP contribution in [0.5, 0.6) is 0 Å². The summed E-state index contributed by atoms with van der Waals surface area (Å²) in [5, 5.41) is 2.60. The lowest BCUT2D eigenvalue weighted by Gasteiger charge is -2.05. The predicted octanol–water partition coefficient (Wildman–Crippen LogP) is 0.789. The summed E-state index contributed by atoms with van der Waals surface area (Å²) in [6, 6.07) is 4.12. The van der Waals surface area contributed by atoms with Crippen LogP contribution in [-0.2, 0) is 6.54 Å². The topological polar surface area (TPSA) is 83.8 Å². The molecule has 2 aromatic rings. The second kappa shape index (κ2) is 6.50. The fraction of sp³-hybridized carbons (Fsp3) is 0.143. The van der Waals surface area contributed by atoms with Crippen molar-refractivity contribution in [2.45, 2.75) is 6.54 Å². The van der Waals surface area contributed by atoms with Crippen molar-refractivity contribution < 1.29 is 9.18 Å². The Kier molecular flexibility index (Phi) is 4.47. The Hall–Kier alpha value is -2.65. The number of hydrogen-bond donors (Lipinski definition) is 3. The largest absolute Gasteiger partial charge is 0.347 e. The average Bonchev–Trinajstić information content (AvgIpc) is 2.97. The number of carbonyl (C=O) groups is 1. The zero-order chi connectivity index (χ0) is 14.4. The smallest absolute Gasteiger partial charge is 0.254 e.